The van der Waals surface area contributed by atoms with Gasteiger partial charge in [0.25, 0.3) is 0 Å². The lowest BCUT2D eigenvalue weighted by Crippen LogP contribution is -1.99. The fourth-order valence-electron chi connectivity index (χ4n) is 1.45. The van der Waals surface area contributed by atoms with E-state index in [-0.39, 0.29) is 5.70 Å². The number of benzene rings is 1. The summed E-state index contributed by atoms with van der Waals surface area (Å²) in [6.45, 7) is 6.28. The van der Waals surface area contributed by atoms with Crippen molar-refractivity contribution in [2.75, 3.05) is 13.2 Å². The SMILES string of the molecule is CCOc1ccc(C=C(C)[N+](=O)[O-])cc1OCC. The van der Waals surface area contributed by atoms with E-state index in [0.29, 0.717) is 24.7 Å². The molecule has 0 heterocycles. The summed E-state index contributed by atoms with van der Waals surface area (Å²) in [7, 11) is 0. The molecule has 1 aromatic rings. The first-order valence-electron chi connectivity index (χ1n) is 5.80. The highest BCUT2D eigenvalue weighted by Crippen LogP contribution is 2.29. The van der Waals surface area contributed by atoms with E-state index in [4.69, 9.17) is 9.47 Å². The average Bonchev–Trinajstić information content (AvgIpc) is 2.33. The zero-order valence-electron chi connectivity index (χ0n) is 10.8. The van der Waals surface area contributed by atoms with Crippen LogP contribution in [0.1, 0.15) is 26.3 Å². The van der Waals surface area contributed by atoms with Gasteiger partial charge in [-0.3, -0.25) is 10.1 Å². The molecule has 98 valence electrons. The van der Waals surface area contributed by atoms with Gasteiger partial charge in [-0.25, -0.2) is 0 Å². The Morgan fingerprint density at radius 3 is 2.44 bits per heavy atom. The summed E-state index contributed by atoms with van der Waals surface area (Å²) in [4.78, 5) is 10.1. The van der Waals surface area contributed by atoms with Crippen molar-refractivity contribution < 1.29 is 14.4 Å². The van der Waals surface area contributed by atoms with E-state index in [0.717, 1.165) is 5.56 Å². The number of nitrogens with zero attached hydrogens (tertiary/aromatic N) is 1. The predicted octanol–water partition coefficient (Wildman–Crippen LogP) is 3.12. The molecule has 0 N–H and O–H groups in total. The molecule has 0 fully saturated rings. The van der Waals surface area contributed by atoms with Crippen LogP contribution in [0.15, 0.2) is 23.9 Å². The summed E-state index contributed by atoms with van der Waals surface area (Å²) in [5, 5.41) is 10.6. The third kappa shape index (κ3) is 3.76. The Kier molecular flexibility index (Phi) is 5.17. The van der Waals surface area contributed by atoms with Gasteiger partial charge >= 0.3 is 0 Å². The van der Waals surface area contributed by atoms with Gasteiger partial charge in [0.1, 0.15) is 0 Å². The van der Waals surface area contributed by atoms with Gasteiger partial charge in [-0.15, -0.1) is 0 Å². The molecule has 1 rings (SSSR count). The van der Waals surface area contributed by atoms with Gasteiger partial charge in [0.2, 0.25) is 5.70 Å². The van der Waals surface area contributed by atoms with Crippen LogP contribution in [0.5, 0.6) is 11.5 Å². The Hall–Kier alpha value is -2.04. The van der Waals surface area contributed by atoms with Crippen molar-refractivity contribution >= 4 is 6.08 Å². The molecule has 0 unspecified atom stereocenters. The molecule has 0 saturated carbocycles. The molecule has 0 amide bonds. The fraction of sp³-hybridized carbons (Fsp3) is 0.385. The molecule has 0 aliphatic heterocycles. The maximum absolute atomic E-state index is 10.6. The summed E-state index contributed by atoms with van der Waals surface area (Å²) in [6.07, 6.45) is 1.50. The number of allylic oxidation sites excluding steroid dienone is 1. The van der Waals surface area contributed by atoms with Gasteiger partial charge in [-0.2, -0.15) is 0 Å². The third-order valence-electron chi connectivity index (χ3n) is 2.23. The summed E-state index contributed by atoms with van der Waals surface area (Å²) in [6, 6.07) is 5.26. The largest absolute Gasteiger partial charge is 0.490 e. The van der Waals surface area contributed by atoms with Gasteiger partial charge in [-0.05, 0) is 31.5 Å². The highest BCUT2D eigenvalue weighted by atomic mass is 16.6. The van der Waals surface area contributed by atoms with Crippen molar-refractivity contribution in [3.8, 4) is 11.5 Å². The van der Waals surface area contributed by atoms with Crippen LogP contribution in [-0.2, 0) is 0 Å². The number of nitro groups is 1. The van der Waals surface area contributed by atoms with Gasteiger partial charge in [0.15, 0.2) is 11.5 Å². The van der Waals surface area contributed by atoms with E-state index < -0.39 is 4.92 Å². The molecule has 0 saturated heterocycles. The molecule has 5 heteroatoms. The molecule has 0 aliphatic carbocycles. The Bertz CT molecular complexity index is 454. The van der Waals surface area contributed by atoms with Crippen LogP contribution in [-0.4, -0.2) is 18.1 Å². The van der Waals surface area contributed by atoms with Crippen LogP contribution in [0.3, 0.4) is 0 Å². The van der Waals surface area contributed by atoms with E-state index in [2.05, 4.69) is 0 Å². The van der Waals surface area contributed by atoms with Crippen LogP contribution in [0.4, 0.5) is 0 Å². The van der Waals surface area contributed by atoms with Gasteiger partial charge in [0.05, 0.1) is 18.1 Å². The molecular weight excluding hydrogens is 234 g/mol. The summed E-state index contributed by atoms with van der Waals surface area (Å²) in [5.41, 5.74) is 0.803. The number of rotatable bonds is 6. The van der Waals surface area contributed by atoms with E-state index in [1.807, 2.05) is 13.8 Å². The molecule has 0 bridgehead atoms. The van der Waals surface area contributed by atoms with Crippen molar-refractivity contribution in [3.63, 3.8) is 0 Å². The minimum Gasteiger partial charge on any atom is -0.490 e. The molecule has 0 spiro atoms. The van der Waals surface area contributed by atoms with E-state index in [9.17, 15) is 10.1 Å². The van der Waals surface area contributed by atoms with E-state index in [1.165, 1.54) is 13.0 Å². The van der Waals surface area contributed by atoms with Crippen molar-refractivity contribution in [1.29, 1.82) is 0 Å². The molecule has 0 aromatic heterocycles. The normalized spacial score (nSPS) is 11.2. The van der Waals surface area contributed by atoms with Crippen LogP contribution in [0, 0.1) is 10.1 Å². The smallest absolute Gasteiger partial charge is 0.243 e. The van der Waals surface area contributed by atoms with Crippen LogP contribution < -0.4 is 9.47 Å². The molecule has 1 aromatic carbocycles. The molecular formula is C13H17NO4. The van der Waals surface area contributed by atoms with Crippen LogP contribution in [0.2, 0.25) is 0 Å². The topological polar surface area (TPSA) is 61.6 Å². The van der Waals surface area contributed by atoms with Crippen molar-refractivity contribution in [1.82, 2.24) is 0 Å². The summed E-state index contributed by atoms with van der Waals surface area (Å²) < 4.78 is 10.9. The summed E-state index contributed by atoms with van der Waals surface area (Å²) in [5.74, 6) is 1.25. The average molecular weight is 251 g/mol. The maximum atomic E-state index is 10.6. The fourth-order valence-corrected chi connectivity index (χ4v) is 1.45. The predicted molar refractivity (Wildman–Crippen MR) is 69.4 cm³/mol. The Morgan fingerprint density at radius 1 is 1.28 bits per heavy atom. The first kappa shape index (κ1) is 14.0. The second-order valence-corrected chi connectivity index (χ2v) is 3.62. The molecule has 0 aliphatic rings. The van der Waals surface area contributed by atoms with Crippen LogP contribution in [0.25, 0.3) is 6.08 Å². The molecule has 0 atom stereocenters. The van der Waals surface area contributed by atoms with Gasteiger partial charge in [0, 0.05) is 13.0 Å². The second kappa shape index (κ2) is 6.64. The van der Waals surface area contributed by atoms with E-state index in [1.54, 1.807) is 18.2 Å². The van der Waals surface area contributed by atoms with Gasteiger partial charge < -0.3 is 9.47 Å². The minimum absolute atomic E-state index is 0.0848. The molecule has 5 nitrogen and oxygen atoms in total. The second-order valence-electron chi connectivity index (χ2n) is 3.62. The molecule has 18 heavy (non-hydrogen) atoms. The number of hydrogen-bond donors (Lipinski definition) is 0. The lowest BCUT2D eigenvalue weighted by Gasteiger charge is -2.11. The first-order valence-corrected chi connectivity index (χ1v) is 5.80. The number of hydrogen-bond acceptors (Lipinski definition) is 4. The van der Waals surface area contributed by atoms with Crippen molar-refractivity contribution in [2.24, 2.45) is 0 Å². The summed E-state index contributed by atoms with van der Waals surface area (Å²) >= 11 is 0. The zero-order chi connectivity index (χ0) is 13.5. The van der Waals surface area contributed by atoms with Gasteiger partial charge in [-0.1, -0.05) is 6.07 Å². The molecule has 0 radical (unpaired) electrons. The zero-order valence-corrected chi connectivity index (χ0v) is 10.8. The van der Waals surface area contributed by atoms with Crippen LogP contribution >= 0.6 is 0 Å². The maximum Gasteiger partial charge on any atom is 0.243 e. The van der Waals surface area contributed by atoms with E-state index >= 15 is 0 Å². The standard InChI is InChI=1S/C13H17NO4/c1-4-17-12-7-6-11(8-10(3)14(15)16)9-13(12)18-5-2/h6-9H,4-5H2,1-3H3. The minimum atomic E-state index is -0.420. The first-order chi connectivity index (χ1) is 8.58. The third-order valence-corrected chi connectivity index (χ3v) is 2.23. The van der Waals surface area contributed by atoms with Crippen molar-refractivity contribution in [2.45, 2.75) is 20.8 Å². The quantitative estimate of drug-likeness (QED) is 0.575. The lowest BCUT2D eigenvalue weighted by atomic mass is 10.1. The monoisotopic (exact) mass is 251 g/mol. The Morgan fingerprint density at radius 2 is 1.89 bits per heavy atom. The number of ether oxygens (including phenoxy) is 2. The Labute approximate surface area is 106 Å². The van der Waals surface area contributed by atoms with Crippen molar-refractivity contribution in [3.05, 3.63) is 39.6 Å². The Balaban J connectivity index is 3.06. The lowest BCUT2D eigenvalue weighted by molar-refractivity contribution is -0.422. The highest BCUT2D eigenvalue weighted by Gasteiger charge is 2.07. The highest BCUT2D eigenvalue weighted by molar-refractivity contribution is 5.56.